The van der Waals surface area contributed by atoms with Crippen LogP contribution in [0.4, 0.5) is 0 Å². The van der Waals surface area contributed by atoms with Gasteiger partial charge in [0.15, 0.2) is 0 Å². The van der Waals surface area contributed by atoms with Gasteiger partial charge in [0.25, 0.3) is 5.91 Å². The molecule has 2 aromatic rings. The van der Waals surface area contributed by atoms with Crippen LogP contribution in [0.2, 0.25) is 0 Å². The van der Waals surface area contributed by atoms with Crippen LogP contribution >= 0.6 is 0 Å². The van der Waals surface area contributed by atoms with E-state index in [1.54, 1.807) is 34.3 Å². The Hall–Kier alpha value is -3.20. The molecule has 31 heavy (non-hydrogen) atoms. The van der Waals surface area contributed by atoms with Gasteiger partial charge in [-0.2, -0.15) is 4.98 Å². The number of methoxy groups -OCH3 is 3. The van der Waals surface area contributed by atoms with Gasteiger partial charge in [0.1, 0.15) is 12.2 Å². The van der Waals surface area contributed by atoms with E-state index in [0.29, 0.717) is 31.1 Å². The Kier molecular flexibility index (Phi) is 7.77. The van der Waals surface area contributed by atoms with E-state index in [1.165, 1.54) is 21.3 Å². The van der Waals surface area contributed by atoms with Gasteiger partial charge in [0.2, 0.25) is 17.7 Å². The molecule has 3 heterocycles. The first-order chi connectivity index (χ1) is 15.1. The highest BCUT2D eigenvalue weighted by molar-refractivity contribution is 5.96. The van der Waals surface area contributed by atoms with Crippen LogP contribution in [0, 0.1) is 0 Å². The van der Waals surface area contributed by atoms with E-state index < -0.39 is 0 Å². The molecule has 0 N–H and O–H groups in total. The lowest BCUT2D eigenvalue weighted by atomic mass is 10.0. The van der Waals surface area contributed by atoms with Gasteiger partial charge in [0.05, 0.1) is 14.2 Å². The SMILES string of the molecule is COCC(=O)N(Cc1cccnc1)C1CCCN(C(=O)c2ccc(OC)nc2OC)C1. The van der Waals surface area contributed by atoms with Crippen molar-refractivity contribution in [3.8, 4) is 11.8 Å². The second kappa shape index (κ2) is 10.7. The van der Waals surface area contributed by atoms with Crippen LogP contribution in [0.15, 0.2) is 36.7 Å². The lowest BCUT2D eigenvalue weighted by Crippen LogP contribution is -2.52. The molecule has 2 amide bonds. The van der Waals surface area contributed by atoms with Crippen molar-refractivity contribution < 1.29 is 23.8 Å². The lowest BCUT2D eigenvalue weighted by molar-refractivity contribution is -0.139. The number of carbonyl (C=O) groups excluding carboxylic acids is 2. The molecule has 0 aliphatic carbocycles. The minimum Gasteiger partial charge on any atom is -0.481 e. The monoisotopic (exact) mass is 428 g/mol. The van der Waals surface area contributed by atoms with Crippen molar-refractivity contribution in [1.82, 2.24) is 19.8 Å². The van der Waals surface area contributed by atoms with Crippen LogP contribution in [0.25, 0.3) is 0 Å². The Morgan fingerprint density at radius 1 is 1.19 bits per heavy atom. The molecular formula is C22H28N4O5. The van der Waals surface area contributed by atoms with E-state index in [9.17, 15) is 9.59 Å². The summed E-state index contributed by atoms with van der Waals surface area (Å²) in [5.74, 6) is 0.290. The normalized spacial score (nSPS) is 16.0. The summed E-state index contributed by atoms with van der Waals surface area (Å²) >= 11 is 0. The van der Waals surface area contributed by atoms with Crippen molar-refractivity contribution in [1.29, 1.82) is 0 Å². The zero-order valence-corrected chi connectivity index (χ0v) is 18.1. The first-order valence-corrected chi connectivity index (χ1v) is 10.1. The number of ether oxygens (including phenoxy) is 3. The maximum Gasteiger partial charge on any atom is 0.259 e. The first kappa shape index (κ1) is 22.5. The highest BCUT2D eigenvalue weighted by Crippen LogP contribution is 2.25. The van der Waals surface area contributed by atoms with E-state index in [2.05, 4.69) is 9.97 Å². The van der Waals surface area contributed by atoms with Crippen molar-refractivity contribution in [3.05, 3.63) is 47.8 Å². The van der Waals surface area contributed by atoms with Gasteiger partial charge in [-0.15, -0.1) is 0 Å². The van der Waals surface area contributed by atoms with Crippen molar-refractivity contribution in [2.24, 2.45) is 0 Å². The van der Waals surface area contributed by atoms with Gasteiger partial charge in [-0.3, -0.25) is 14.6 Å². The quantitative estimate of drug-likeness (QED) is 0.632. The molecule has 2 aromatic heterocycles. The average molecular weight is 428 g/mol. The predicted molar refractivity (Wildman–Crippen MR) is 113 cm³/mol. The summed E-state index contributed by atoms with van der Waals surface area (Å²) in [5.41, 5.74) is 1.29. The molecular weight excluding hydrogens is 400 g/mol. The average Bonchev–Trinajstić information content (AvgIpc) is 2.82. The molecule has 9 nitrogen and oxygen atoms in total. The Morgan fingerprint density at radius 3 is 2.71 bits per heavy atom. The third-order valence-electron chi connectivity index (χ3n) is 5.26. The predicted octanol–water partition coefficient (Wildman–Crippen LogP) is 1.77. The highest BCUT2D eigenvalue weighted by atomic mass is 16.5. The number of rotatable bonds is 8. The molecule has 1 aliphatic rings. The topological polar surface area (TPSA) is 94.1 Å². The van der Waals surface area contributed by atoms with Crippen molar-refractivity contribution >= 4 is 11.8 Å². The number of nitrogens with zero attached hydrogens (tertiary/aromatic N) is 4. The third kappa shape index (κ3) is 5.49. The van der Waals surface area contributed by atoms with E-state index in [1.807, 2.05) is 12.1 Å². The van der Waals surface area contributed by atoms with Gasteiger partial charge in [-0.1, -0.05) is 6.07 Å². The van der Waals surface area contributed by atoms with Gasteiger partial charge >= 0.3 is 0 Å². The summed E-state index contributed by atoms with van der Waals surface area (Å²) < 4.78 is 15.5. The standard InChI is InChI=1S/C22H28N4O5/c1-29-15-20(27)26(13-16-6-4-10-23-12-16)17-7-5-11-25(14-17)22(28)18-8-9-19(30-2)24-21(18)31-3/h4,6,8-10,12,17H,5,7,11,13-15H2,1-3H3. The number of amides is 2. The zero-order valence-electron chi connectivity index (χ0n) is 18.1. The minimum absolute atomic E-state index is 0.0130. The number of pyridine rings is 2. The molecule has 3 rings (SSSR count). The Labute approximate surface area is 181 Å². The number of piperidine rings is 1. The van der Waals surface area contributed by atoms with Crippen LogP contribution < -0.4 is 9.47 Å². The van der Waals surface area contributed by atoms with Crippen molar-refractivity contribution in [3.63, 3.8) is 0 Å². The summed E-state index contributed by atoms with van der Waals surface area (Å²) in [6.07, 6.45) is 5.03. The smallest absolute Gasteiger partial charge is 0.259 e. The lowest BCUT2D eigenvalue weighted by Gasteiger charge is -2.39. The number of hydrogen-bond acceptors (Lipinski definition) is 7. The molecule has 1 aliphatic heterocycles. The summed E-state index contributed by atoms with van der Waals surface area (Å²) in [6, 6.07) is 6.93. The first-order valence-electron chi connectivity index (χ1n) is 10.1. The Bertz CT molecular complexity index is 893. The third-order valence-corrected chi connectivity index (χ3v) is 5.26. The fourth-order valence-electron chi connectivity index (χ4n) is 3.74. The van der Waals surface area contributed by atoms with Crippen LogP contribution in [-0.4, -0.2) is 78.6 Å². The number of likely N-dealkylation sites (tertiary alicyclic amines) is 1. The second-order valence-corrected chi connectivity index (χ2v) is 7.27. The molecule has 9 heteroatoms. The van der Waals surface area contributed by atoms with Crippen LogP contribution in [0.3, 0.4) is 0 Å². The van der Waals surface area contributed by atoms with E-state index >= 15 is 0 Å². The van der Waals surface area contributed by atoms with Crippen molar-refractivity contribution in [2.45, 2.75) is 25.4 Å². The summed E-state index contributed by atoms with van der Waals surface area (Å²) in [6.45, 7) is 1.42. The maximum atomic E-state index is 13.2. The van der Waals surface area contributed by atoms with Gasteiger partial charge < -0.3 is 24.0 Å². The van der Waals surface area contributed by atoms with Gasteiger partial charge in [-0.05, 0) is 30.5 Å². The molecule has 1 unspecified atom stereocenters. The van der Waals surface area contributed by atoms with Crippen LogP contribution in [0.5, 0.6) is 11.8 Å². The van der Waals surface area contributed by atoms with Gasteiger partial charge in [0, 0.05) is 51.2 Å². The fraction of sp³-hybridized carbons (Fsp3) is 0.455. The van der Waals surface area contributed by atoms with Gasteiger partial charge in [-0.25, -0.2) is 0 Å². The zero-order chi connectivity index (χ0) is 22.2. The summed E-state index contributed by atoms with van der Waals surface area (Å²) in [4.78, 5) is 37.9. The second-order valence-electron chi connectivity index (χ2n) is 7.27. The summed E-state index contributed by atoms with van der Waals surface area (Å²) in [7, 11) is 4.47. The minimum atomic E-state index is -0.183. The van der Waals surface area contributed by atoms with E-state index in [0.717, 1.165) is 18.4 Å². The molecule has 0 spiro atoms. The Morgan fingerprint density at radius 2 is 2.03 bits per heavy atom. The van der Waals surface area contributed by atoms with E-state index in [-0.39, 0.29) is 30.3 Å². The highest BCUT2D eigenvalue weighted by Gasteiger charge is 2.32. The van der Waals surface area contributed by atoms with Crippen LogP contribution in [-0.2, 0) is 16.1 Å². The molecule has 0 saturated carbocycles. The molecule has 1 atom stereocenters. The molecule has 0 aromatic carbocycles. The largest absolute Gasteiger partial charge is 0.481 e. The number of carbonyl (C=O) groups is 2. The van der Waals surface area contributed by atoms with Crippen molar-refractivity contribution in [2.75, 3.05) is 41.0 Å². The molecule has 166 valence electrons. The molecule has 1 fully saturated rings. The maximum absolute atomic E-state index is 13.2. The van der Waals surface area contributed by atoms with E-state index in [4.69, 9.17) is 14.2 Å². The number of hydrogen-bond donors (Lipinski definition) is 0. The fourth-order valence-corrected chi connectivity index (χ4v) is 3.74. The van der Waals surface area contributed by atoms with Crippen LogP contribution in [0.1, 0.15) is 28.8 Å². The molecule has 0 bridgehead atoms. The summed E-state index contributed by atoms with van der Waals surface area (Å²) in [5, 5.41) is 0. The molecule has 0 radical (unpaired) electrons. The number of aromatic nitrogens is 2. The molecule has 1 saturated heterocycles. The Balaban J connectivity index is 1.79.